The summed E-state index contributed by atoms with van der Waals surface area (Å²) in [6.07, 6.45) is 2.63. The maximum atomic E-state index is 13.5. The Kier molecular flexibility index (Phi) is 4.76. The number of amides is 2. The predicted octanol–water partition coefficient (Wildman–Crippen LogP) is 3.30. The monoisotopic (exact) mass is 422 g/mol. The highest BCUT2D eigenvalue weighted by Gasteiger charge is 2.48. The normalized spacial score (nSPS) is 27.3. The van der Waals surface area contributed by atoms with Gasteiger partial charge < -0.3 is 15.0 Å². The lowest BCUT2D eigenvalue weighted by atomic mass is 9.74. The van der Waals surface area contributed by atoms with Gasteiger partial charge in [-0.25, -0.2) is 9.18 Å². The van der Waals surface area contributed by atoms with Crippen LogP contribution in [0.3, 0.4) is 0 Å². The maximum Gasteiger partial charge on any atom is 0.339 e. The number of carbonyl (C=O) groups excluding carboxylic acids is 3. The first kappa shape index (κ1) is 19.7. The maximum absolute atomic E-state index is 13.5. The van der Waals surface area contributed by atoms with Crippen LogP contribution in [-0.4, -0.2) is 30.4 Å². The van der Waals surface area contributed by atoms with Crippen molar-refractivity contribution in [3.8, 4) is 0 Å². The Labute approximate surface area is 179 Å². The van der Waals surface area contributed by atoms with Gasteiger partial charge in [0.1, 0.15) is 11.4 Å². The average Bonchev–Trinajstić information content (AvgIpc) is 3.26. The Balaban J connectivity index is 1.20. The van der Waals surface area contributed by atoms with Gasteiger partial charge in [0.2, 0.25) is 11.8 Å². The van der Waals surface area contributed by atoms with Gasteiger partial charge in [-0.3, -0.25) is 9.59 Å². The first-order chi connectivity index (χ1) is 14.9. The molecule has 7 heteroatoms. The molecule has 1 saturated carbocycles. The highest BCUT2D eigenvalue weighted by atomic mass is 19.1. The lowest BCUT2D eigenvalue weighted by Crippen LogP contribution is -2.43. The fourth-order valence-corrected chi connectivity index (χ4v) is 5.08. The van der Waals surface area contributed by atoms with Crippen LogP contribution in [-0.2, 0) is 19.9 Å². The van der Waals surface area contributed by atoms with Gasteiger partial charge in [-0.05, 0) is 49.9 Å². The van der Waals surface area contributed by atoms with Crippen LogP contribution in [0.4, 0.5) is 10.1 Å². The zero-order valence-corrected chi connectivity index (χ0v) is 17.0. The molecule has 1 spiro atoms. The summed E-state index contributed by atoms with van der Waals surface area (Å²) in [5.41, 5.74) is 1.42. The largest absolute Gasteiger partial charge is 0.451 e. The molecule has 2 aromatic carbocycles. The minimum absolute atomic E-state index is 0.0775. The van der Waals surface area contributed by atoms with Gasteiger partial charge in [-0.15, -0.1) is 0 Å². The summed E-state index contributed by atoms with van der Waals surface area (Å²) >= 11 is 0. The van der Waals surface area contributed by atoms with Crippen molar-refractivity contribution >= 4 is 23.5 Å². The quantitative estimate of drug-likeness (QED) is 0.770. The Morgan fingerprint density at radius 2 is 1.87 bits per heavy atom. The molecule has 2 aromatic rings. The molecule has 3 aliphatic rings. The number of carbonyl (C=O) groups is 3. The van der Waals surface area contributed by atoms with E-state index in [0.29, 0.717) is 43.5 Å². The third-order valence-corrected chi connectivity index (χ3v) is 6.68. The zero-order valence-electron chi connectivity index (χ0n) is 17.0. The van der Waals surface area contributed by atoms with Crippen LogP contribution >= 0.6 is 0 Å². The van der Waals surface area contributed by atoms with Crippen LogP contribution in [0, 0.1) is 11.7 Å². The molecule has 1 saturated heterocycles. The van der Waals surface area contributed by atoms with Crippen molar-refractivity contribution in [2.24, 2.45) is 5.92 Å². The van der Waals surface area contributed by atoms with Gasteiger partial charge in [-0.1, -0.05) is 24.3 Å². The topological polar surface area (TPSA) is 75.7 Å². The molecule has 2 amide bonds. The summed E-state index contributed by atoms with van der Waals surface area (Å²) in [6.45, 7) is 0.329. The van der Waals surface area contributed by atoms with E-state index < -0.39 is 11.4 Å². The Morgan fingerprint density at radius 1 is 1.10 bits per heavy atom. The second-order valence-electron chi connectivity index (χ2n) is 8.60. The van der Waals surface area contributed by atoms with Crippen LogP contribution in [0.1, 0.15) is 48.0 Å². The van der Waals surface area contributed by atoms with Crippen molar-refractivity contribution in [1.82, 2.24) is 5.32 Å². The van der Waals surface area contributed by atoms with E-state index in [4.69, 9.17) is 4.74 Å². The molecule has 1 N–H and O–H groups in total. The number of hydrogen-bond donors (Lipinski definition) is 1. The fourth-order valence-electron chi connectivity index (χ4n) is 5.08. The van der Waals surface area contributed by atoms with E-state index in [1.54, 1.807) is 18.2 Å². The number of ether oxygens (including phenoxy) is 1. The van der Waals surface area contributed by atoms with E-state index in [2.05, 4.69) is 5.32 Å². The molecule has 5 rings (SSSR count). The summed E-state index contributed by atoms with van der Waals surface area (Å²) in [4.78, 5) is 39.0. The van der Waals surface area contributed by atoms with E-state index in [-0.39, 0.29) is 36.2 Å². The second-order valence-corrected chi connectivity index (χ2v) is 8.60. The van der Waals surface area contributed by atoms with Crippen molar-refractivity contribution in [2.45, 2.75) is 43.7 Å². The summed E-state index contributed by atoms with van der Waals surface area (Å²) < 4.78 is 19.3. The van der Waals surface area contributed by atoms with Gasteiger partial charge >= 0.3 is 5.97 Å². The molecule has 2 fully saturated rings. The molecule has 1 atom stereocenters. The summed E-state index contributed by atoms with van der Waals surface area (Å²) in [5, 5.41) is 3.00. The average molecular weight is 422 g/mol. The third kappa shape index (κ3) is 3.48. The van der Waals surface area contributed by atoms with E-state index in [1.807, 2.05) is 18.2 Å². The number of nitrogens with zero attached hydrogens (tertiary/aromatic N) is 1. The first-order valence-electron chi connectivity index (χ1n) is 10.6. The number of rotatable bonds is 3. The van der Waals surface area contributed by atoms with Gasteiger partial charge in [0, 0.05) is 30.1 Å². The van der Waals surface area contributed by atoms with Crippen LogP contribution in [0.2, 0.25) is 0 Å². The summed E-state index contributed by atoms with van der Waals surface area (Å²) in [5.74, 6) is -1.08. The van der Waals surface area contributed by atoms with Gasteiger partial charge in [0.15, 0.2) is 0 Å². The lowest BCUT2D eigenvalue weighted by molar-refractivity contribution is -0.128. The van der Waals surface area contributed by atoms with E-state index in [9.17, 15) is 18.8 Å². The highest BCUT2D eigenvalue weighted by Crippen LogP contribution is 2.48. The zero-order chi connectivity index (χ0) is 21.6. The van der Waals surface area contributed by atoms with Crippen molar-refractivity contribution in [1.29, 1.82) is 0 Å². The Morgan fingerprint density at radius 3 is 2.65 bits per heavy atom. The number of anilines is 1. The summed E-state index contributed by atoms with van der Waals surface area (Å²) in [6, 6.07) is 13.1. The van der Waals surface area contributed by atoms with E-state index in [1.165, 1.54) is 17.0 Å². The first-order valence-corrected chi connectivity index (χ1v) is 10.6. The standard InChI is InChI=1S/C24H23FN2O4/c25-16-4-3-5-18(12-16)27-14-17(13-21(27)28)26-22(29)15-8-10-24(11-9-15)20-7-2-1-6-19(20)23(30)31-24/h1-7,12,15,17H,8-11,13-14H2,(H,26,29)/t15-,17?,24-. The number of halogens is 1. The highest BCUT2D eigenvalue weighted by molar-refractivity contribution is 5.97. The molecule has 160 valence electrons. The number of esters is 1. The number of hydrogen-bond acceptors (Lipinski definition) is 4. The molecular formula is C24H23FN2O4. The molecule has 2 heterocycles. The molecule has 2 aliphatic heterocycles. The molecular weight excluding hydrogens is 399 g/mol. The smallest absolute Gasteiger partial charge is 0.339 e. The Hall–Kier alpha value is -3.22. The number of nitrogens with one attached hydrogen (secondary N) is 1. The minimum Gasteiger partial charge on any atom is -0.451 e. The predicted molar refractivity (Wildman–Crippen MR) is 111 cm³/mol. The Bertz CT molecular complexity index is 1060. The molecule has 1 unspecified atom stereocenters. The van der Waals surface area contributed by atoms with Crippen LogP contribution in [0.15, 0.2) is 48.5 Å². The second kappa shape index (κ2) is 7.48. The minimum atomic E-state index is -0.623. The molecule has 0 bridgehead atoms. The molecule has 31 heavy (non-hydrogen) atoms. The number of benzene rings is 2. The van der Waals surface area contributed by atoms with Crippen LogP contribution < -0.4 is 10.2 Å². The van der Waals surface area contributed by atoms with E-state index >= 15 is 0 Å². The fraction of sp³-hybridized carbons (Fsp3) is 0.375. The molecule has 0 radical (unpaired) electrons. The molecule has 6 nitrogen and oxygen atoms in total. The van der Waals surface area contributed by atoms with E-state index in [0.717, 1.165) is 5.56 Å². The van der Waals surface area contributed by atoms with Gasteiger partial charge in [-0.2, -0.15) is 0 Å². The van der Waals surface area contributed by atoms with Crippen molar-refractivity contribution in [3.05, 3.63) is 65.5 Å². The van der Waals surface area contributed by atoms with Gasteiger partial charge in [0.05, 0.1) is 11.6 Å². The number of fused-ring (bicyclic) bond motifs is 2. The lowest BCUT2D eigenvalue weighted by Gasteiger charge is -2.36. The van der Waals surface area contributed by atoms with Gasteiger partial charge in [0.25, 0.3) is 0 Å². The molecule has 0 aromatic heterocycles. The SMILES string of the molecule is O=C1O[C@]2(CC[C@H](C(=O)NC3CC(=O)N(c4cccc(F)c4)C3)CC2)c2ccccc21. The van der Waals surface area contributed by atoms with Crippen molar-refractivity contribution in [3.63, 3.8) is 0 Å². The molecule has 1 aliphatic carbocycles. The summed E-state index contributed by atoms with van der Waals surface area (Å²) in [7, 11) is 0. The van der Waals surface area contributed by atoms with Crippen molar-refractivity contribution < 1.29 is 23.5 Å². The third-order valence-electron chi connectivity index (χ3n) is 6.68. The van der Waals surface area contributed by atoms with Crippen LogP contribution in [0.25, 0.3) is 0 Å². The van der Waals surface area contributed by atoms with Crippen LogP contribution in [0.5, 0.6) is 0 Å². The van der Waals surface area contributed by atoms with Crippen molar-refractivity contribution in [2.75, 3.05) is 11.4 Å².